The van der Waals surface area contributed by atoms with Gasteiger partial charge in [-0.1, -0.05) is 6.07 Å². The van der Waals surface area contributed by atoms with Crippen LogP contribution in [0.5, 0.6) is 5.75 Å². The van der Waals surface area contributed by atoms with E-state index in [9.17, 15) is 8.76 Å². The number of rotatable bonds is 5. The van der Waals surface area contributed by atoms with E-state index in [-0.39, 0.29) is 35.7 Å². The standard InChI is InChI=1S/C15H19NO3S.Na/c1-10(2)19-13-5-3-4-12-15(13)14(20(17)18)9-16(12)8-11-6-7-11;/h3-5,9-11H,6-8H2,1-2H3,(H,17,18);/q;+1/p-1. The first-order valence-electron chi connectivity index (χ1n) is 6.94. The molecule has 6 heteroatoms. The van der Waals surface area contributed by atoms with Crippen molar-refractivity contribution in [2.45, 2.75) is 44.2 Å². The quantitative estimate of drug-likeness (QED) is 0.580. The van der Waals surface area contributed by atoms with Crippen LogP contribution in [0.2, 0.25) is 0 Å². The van der Waals surface area contributed by atoms with Crippen LogP contribution in [0.3, 0.4) is 0 Å². The van der Waals surface area contributed by atoms with Crippen molar-refractivity contribution in [2.24, 2.45) is 5.92 Å². The molecule has 1 aromatic carbocycles. The number of hydrogen-bond donors (Lipinski definition) is 0. The first kappa shape index (κ1) is 17.0. The van der Waals surface area contributed by atoms with Gasteiger partial charge < -0.3 is 13.9 Å². The van der Waals surface area contributed by atoms with E-state index in [1.807, 2.05) is 36.6 Å². The van der Waals surface area contributed by atoms with Gasteiger partial charge in [0.15, 0.2) is 0 Å². The van der Waals surface area contributed by atoms with Gasteiger partial charge in [0.1, 0.15) is 5.75 Å². The molecule has 1 aromatic heterocycles. The Labute approximate surface area is 149 Å². The molecule has 21 heavy (non-hydrogen) atoms. The van der Waals surface area contributed by atoms with Gasteiger partial charge in [-0.05, 0) is 55.8 Å². The molecule has 0 bridgehead atoms. The molecule has 1 heterocycles. The SMILES string of the molecule is CC(C)Oc1cccc2c1c(S(=O)[O-])cn2CC1CC1.[Na+]. The van der Waals surface area contributed by atoms with Gasteiger partial charge in [0, 0.05) is 12.7 Å². The third-order valence-electron chi connectivity index (χ3n) is 3.53. The van der Waals surface area contributed by atoms with Gasteiger partial charge >= 0.3 is 29.6 Å². The van der Waals surface area contributed by atoms with Crippen LogP contribution in [0.15, 0.2) is 29.3 Å². The number of fused-ring (bicyclic) bond motifs is 1. The molecule has 108 valence electrons. The zero-order chi connectivity index (χ0) is 14.3. The van der Waals surface area contributed by atoms with E-state index in [4.69, 9.17) is 4.74 Å². The molecule has 1 unspecified atom stereocenters. The Morgan fingerprint density at radius 3 is 2.71 bits per heavy atom. The summed E-state index contributed by atoms with van der Waals surface area (Å²) in [7, 11) is 0. The van der Waals surface area contributed by atoms with Crippen LogP contribution in [0.1, 0.15) is 26.7 Å². The summed E-state index contributed by atoms with van der Waals surface area (Å²) in [6.45, 7) is 4.76. The van der Waals surface area contributed by atoms with Crippen LogP contribution >= 0.6 is 0 Å². The summed E-state index contributed by atoms with van der Waals surface area (Å²) in [5.74, 6) is 1.33. The minimum atomic E-state index is -2.25. The Kier molecular flexibility index (Phi) is 5.54. The molecule has 0 saturated heterocycles. The molecule has 1 saturated carbocycles. The molecule has 2 aromatic rings. The van der Waals surface area contributed by atoms with Gasteiger partial charge in [-0.25, -0.2) is 0 Å². The average molecular weight is 315 g/mol. The van der Waals surface area contributed by atoms with Crippen molar-refractivity contribution in [2.75, 3.05) is 0 Å². The van der Waals surface area contributed by atoms with Crippen LogP contribution in [0, 0.1) is 5.92 Å². The third-order valence-corrected chi connectivity index (χ3v) is 4.20. The summed E-state index contributed by atoms with van der Waals surface area (Å²) in [4.78, 5) is 0.330. The average Bonchev–Trinajstić information content (AvgIpc) is 3.10. The second kappa shape index (κ2) is 6.84. The van der Waals surface area contributed by atoms with Crippen molar-refractivity contribution >= 4 is 22.0 Å². The maximum atomic E-state index is 11.5. The molecular formula is C15H18NNaO3S. The summed E-state index contributed by atoms with van der Waals surface area (Å²) in [6.07, 6.45) is 4.22. The van der Waals surface area contributed by atoms with E-state index in [0.29, 0.717) is 21.9 Å². The third kappa shape index (κ3) is 3.71. The van der Waals surface area contributed by atoms with Crippen LogP contribution in [-0.4, -0.2) is 19.4 Å². The van der Waals surface area contributed by atoms with Gasteiger partial charge in [-0.2, -0.15) is 0 Å². The Balaban J connectivity index is 0.00000161. The molecule has 0 amide bonds. The summed E-state index contributed by atoms with van der Waals surface area (Å²) in [5.41, 5.74) is 0.939. The van der Waals surface area contributed by atoms with E-state index >= 15 is 0 Å². The minimum absolute atomic E-state index is 0. The molecule has 1 aliphatic carbocycles. The van der Waals surface area contributed by atoms with Crippen LogP contribution < -0.4 is 34.3 Å². The van der Waals surface area contributed by atoms with Gasteiger partial charge in [0.25, 0.3) is 0 Å². The molecule has 3 rings (SSSR count). The smallest absolute Gasteiger partial charge is 0.768 e. The summed E-state index contributed by atoms with van der Waals surface area (Å²) >= 11 is -2.25. The van der Waals surface area contributed by atoms with Gasteiger partial charge in [-0.15, -0.1) is 0 Å². The van der Waals surface area contributed by atoms with E-state index in [0.717, 1.165) is 12.1 Å². The molecule has 0 N–H and O–H groups in total. The maximum Gasteiger partial charge on any atom is 1.00 e. The molecule has 0 radical (unpaired) electrons. The van der Waals surface area contributed by atoms with Gasteiger partial charge in [0.2, 0.25) is 0 Å². The molecule has 0 aliphatic heterocycles. The van der Waals surface area contributed by atoms with Crippen molar-refractivity contribution in [3.05, 3.63) is 24.4 Å². The first-order chi connectivity index (χ1) is 9.56. The second-order valence-corrected chi connectivity index (χ2v) is 6.55. The number of ether oxygens (including phenoxy) is 1. The Morgan fingerprint density at radius 2 is 2.14 bits per heavy atom. The van der Waals surface area contributed by atoms with E-state index in [2.05, 4.69) is 0 Å². The fourth-order valence-electron chi connectivity index (χ4n) is 2.49. The fraction of sp³-hybridized carbons (Fsp3) is 0.467. The van der Waals surface area contributed by atoms with Crippen LogP contribution in [0.4, 0.5) is 0 Å². The van der Waals surface area contributed by atoms with Crippen LogP contribution in [-0.2, 0) is 17.6 Å². The fourth-order valence-corrected chi connectivity index (χ4v) is 3.08. The van der Waals surface area contributed by atoms with Gasteiger partial charge in [-0.3, -0.25) is 4.21 Å². The normalized spacial score (nSPS) is 16.0. The predicted octanol–water partition coefficient (Wildman–Crippen LogP) is 0.0805. The molecule has 1 aliphatic rings. The van der Waals surface area contributed by atoms with E-state index in [1.165, 1.54) is 12.8 Å². The molecule has 4 nitrogen and oxygen atoms in total. The Bertz CT molecular complexity index is 664. The van der Waals surface area contributed by atoms with Gasteiger partial charge in [0.05, 0.1) is 21.9 Å². The number of hydrogen-bond acceptors (Lipinski definition) is 3. The predicted molar refractivity (Wildman–Crippen MR) is 77.6 cm³/mol. The maximum absolute atomic E-state index is 11.5. The zero-order valence-electron chi connectivity index (χ0n) is 12.7. The Hall–Kier alpha value is -0.330. The minimum Gasteiger partial charge on any atom is -0.768 e. The molecular weight excluding hydrogens is 297 g/mol. The monoisotopic (exact) mass is 315 g/mol. The molecule has 1 fully saturated rings. The van der Waals surface area contributed by atoms with Crippen molar-refractivity contribution in [1.82, 2.24) is 4.57 Å². The summed E-state index contributed by atoms with van der Waals surface area (Å²) < 4.78 is 30.8. The first-order valence-corrected chi connectivity index (χ1v) is 8.01. The van der Waals surface area contributed by atoms with Crippen LogP contribution in [0.25, 0.3) is 10.9 Å². The summed E-state index contributed by atoms with van der Waals surface area (Å²) in [5, 5.41) is 0.704. The van der Waals surface area contributed by atoms with E-state index in [1.54, 1.807) is 6.20 Å². The van der Waals surface area contributed by atoms with Crippen molar-refractivity contribution in [3.8, 4) is 5.75 Å². The topological polar surface area (TPSA) is 54.3 Å². The van der Waals surface area contributed by atoms with E-state index < -0.39 is 11.1 Å². The molecule has 1 atom stereocenters. The molecule has 0 spiro atoms. The van der Waals surface area contributed by atoms with Crippen molar-refractivity contribution < 1.29 is 43.1 Å². The zero-order valence-corrected chi connectivity index (χ0v) is 15.5. The van der Waals surface area contributed by atoms with Crippen molar-refractivity contribution in [1.29, 1.82) is 0 Å². The largest absolute Gasteiger partial charge is 1.00 e. The summed E-state index contributed by atoms with van der Waals surface area (Å²) in [6, 6.07) is 5.71. The number of nitrogens with zero attached hydrogens (tertiary/aromatic N) is 1. The Morgan fingerprint density at radius 1 is 1.43 bits per heavy atom. The van der Waals surface area contributed by atoms with Crippen molar-refractivity contribution in [3.63, 3.8) is 0 Å². The number of benzene rings is 1. The second-order valence-electron chi connectivity index (χ2n) is 5.64. The number of aromatic nitrogens is 1.